The minimum Gasteiger partial charge on any atom is -0.354 e. The van der Waals surface area contributed by atoms with Crippen LogP contribution in [0.1, 0.15) is 25.1 Å². The molecule has 0 saturated carbocycles. The molecule has 0 aliphatic carbocycles. The lowest BCUT2D eigenvalue weighted by Crippen LogP contribution is -2.44. The molecule has 1 N–H and O–H groups in total. The molecule has 0 spiro atoms. The summed E-state index contributed by atoms with van der Waals surface area (Å²) in [4.78, 5) is 11.1. The fourth-order valence-electron chi connectivity index (χ4n) is 2.41. The van der Waals surface area contributed by atoms with Gasteiger partial charge in [-0.05, 0) is 37.8 Å². The number of halogens is 1. The molecule has 1 fully saturated rings. The average molecular weight is 295 g/mol. The van der Waals surface area contributed by atoms with Crippen LogP contribution in [0.4, 0.5) is 5.82 Å². The van der Waals surface area contributed by atoms with E-state index < -0.39 is 0 Å². The Hall–Kier alpha value is -1.13. The molecule has 1 aliphatic heterocycles. The number of nitrogens with one attached hydrogen (secondary N) is 1. The van der Waals surface area contributed by atoms with Crippen LogP contribution in [-0.4, -0.2) is 36.1 Å². The van der Waals surface area contributed by atoms with Crippen molar-refractivity contribution in [3.63, 3.8) is 0 Å². The number of aryl methyl sites for hydroxylation is 1. The minimum absolute atomic E-state index is 0.336. The van der Waals surface area contributed by atoms with Crippen molar-refractivity contribution in [1.29, 1.82) is 0 Å². The smallest absolute Gasteiger partial charge is 0.224 e. The second-order valence-electron chi connectivity index (χ2n) is 5.57. The SMILES string of the molecule is C=C(C)C(C)Cc1c(C)nc(Cl)nc1N1CCNCC1. The Morgan fingerprint density at radius 1 is 1.40 bits per heavy atom. The maximum Gasteiger partial charge on any atom is 0.224 e. The Morgan fingerprint density at radius 2 is 2.05 bits per heavy atom. The molecule has 110 valence electrons. The van der Waals surface area contributed by atoms with Crippen molar-refractivity contribution in [3.8, 4) is 0 Å². The van der Waals surface area contributed by atoms with Gasteiger partial charge in [0.1, 0.15) is 5.82 Å². The normalized spacial score (nSPS) is 17.1. The van der Waals surface area contributed by atoms with E-state index in [1.54, 1.807) is 0 Å². The summed E-state index contributed by atoms with van der Waals surface area (Å²) in [5, 5.41) is 3.70. The van der Waals surface area contributed by atoms with Crippen LogP contribution in [0.5, 0.6) is 0 Å². The number of anilines is 1. The van der Waals surface area contributed by atoms with E-state index in [0.29, 0.717) is 11.2 Å². The van der Waals surface area contributed by atoms with Gasteiger partial charge in [-0.2, -0.15) is 0 Å². The molecule has 20 heavy (non-hydrogen) atoms. The van der Waals surface area contributed by atoms with Gasteiger partial charge in [0.25, 0.3) is 0 Å². The van der Waals surface area contributed by atoms with Gasteiger partial charge in [-0.15, -0.1) is 0 Å². The molecule has 2 heterocycles. The summed E-state index contributed by atoms with van der Waals surface area (Å²) in [5.74, 6) is 1.41. The molecule has 5 heteroatoms. The van der Waals surface area contributed by atoms with E-state index in [4.69, 9.17) is 11.6 Å². The number of hydrogen-bond donors (Lipinski definition) is 1. The lowest BCUT2D eigenvalue weighted by atomic mass is 9.94. The summed E-state index contributed by atoms with van der Waals surface area (Å²) in [6.07, 6.45) is 0.914. The van der Waals surface area contributed by atoms with E-state index in [9.17, 15) is 0 Å². The van der Waals surface area contributed by atoms with Gasteiger partial charge in [-0.1, -0.05) is 19.1 Å². The van der Waals surface area contributed by atoms with E-state index in [2.05, 4.69) is 40.6 Å². The lowest BCUT2D eigenvalue weighted by Gasteiger charge is -2.31. The molecule has 1 aromatic heterocycles. The Kier molecular flexibility index (Phi) is 5.00. The molecule has 2 rings (SSSR count). The van der Waals surface area contributed by atoms with Crippen LogP contribution in [-0.2, 0) is 6.42 Å². The predicted molar refractivity (Wildman–Crippen MR) is 84.5 cm³/mol. The van der Waals surface area contributed by atoms with Crippen molar-refractivity contribution in [2.45, 2.75) is 27.2 Å². The standard InChI is InChI=1S/C15H23ClN4/c1-10(2)11(3)9-13-12(4)18-15(16)19-14(13)20-7-5-17-6-8-20/h11,17H,1,5-9H2,2-4H3. The van der Waals surface area contributed by atoms with E-state index in [1.807, 2.05) is 6.92 Å². The highest BCUT2D eigenvalue weighted by Crippen LogP contribution is 2.27. The molecule has 1 aliphatic rings. The second-order valence-corrected chi connectivity index (χ2v) is 5.91. The van der Waals surface area contributed by atoms with Crippen LogP contribution in [0.25, 0.3) is 0 Å². The van der Waals surface area contributed by atoms with Crippen molar-refractivity contribution in [1.82, 2.24) is 15.3 Å². The summed E-state index contributed by atoms with van der Waals surface area (Å²) < 4.78 is 0. The van der Waals surface area contributed by atoms with Crippen LogP contribution in [0.3, 0.4) is 0 Å². The van der Waals surface area contributed by atoms with E-state index >= 15 is 0 Å². The number of allylic oxidation sites excluding steroid dienone is 1. The molecule has 1 unspecified atom stereocenters. The fraction of sp³-hybridized carbons (Fsp3) is 0.600. The zero-order valence-electron chi connectivity index (χ0n) is 12.5. The van der Waals surface area contributed by atoms with Crippen LogP contribution in [0.15, 0.2) is 12.2 Å². The van der Waals surface area contributed by atoms with Gasteiger partial charge in [-0.25, -0.2) is 9.97 Å². The molecule has 0 radical (unpaired) electrons. The molecule has 0 aromatic carbocycles. The van der Waals surface area contributed by atoms with Crippen LogP contribution < -0.4 is 10.2 Å². The minimum atomic E-state index is 0.336. The first-order valence-electron chi connectivity index (χ1n) is 7.13. The summed E-state index contributed by atoms with van der Waals surface area (Å²) in [5.41, 5.74) is 3.36. The van der Waals surface area contributed by atoms with Gasteiger partial charge in [-0.3, -0.25) is 0 Å². The third kappa shape index (κ3) is 3.49. The Morgan fingerprint density at radius 3 is 2.65 bits per heavy atom. The molecule has 1 saturated heterocycles. The van der Waals surface area contributed by atoms with Gasteiger partial charge in [0.2, 0.25) is 5.28 Å². The third-order valence-electron chi connectivity index (χ3n) is 3.93. The van der Waals surface area contributed by atoms with Crippen molar-refractivity contribution >= 4 is 17.4 Å². The molecule has 0 bridgehead atoms. The summed E-state index contributed by atoms with van der Waals surface area (Å²) >= 11 is 6.06. The number of piperazine rings is 1. The van der Waals surface area contributed by atoms with Crippen LogP contribution in [0, 0.1) is 12.8 Å². The van der Waals surface area contributed by atoms with Crippen LogP contribution in [0.2, 0.25) is 5.28 Å². The summed E-state index contributed by atoms with van der Waals surface area (Å²) in [6.45, 7) is 14.2. The van der Waals surface area contributed by atoms with E-state index in [1.165, 1.54) is 11.1 Å². The maximum absolute atomic E-state index is 6.06. The quantitative estimate of drug-likeness (QED) is 0.684. The van der Waals surface area contributed by atoms with Gasteiger partial charge in [0.05, 0.1) is 0 Å². The van der Waals surface area contributed by atoms with Gasteiger partial charge < -0.3 is 10.2 Å². The third-order valence-corrected chi connectivity index (χ3v) is 4.10. The number of hydrogen-bond acceptors (Lipinski definition) is 4. The molecule has 4 nitrogen and oxygen atoms in total. The molecule has 1 atom stereocenters. The highest BCUT2D eigenvalue weighted by molar-refractivity contribution is 6.28. The zero-order valence-corrected chi connectivity index (χ0v) is 13.3. The molecular formula is C15H23ClN4. The van der Waals surface area contributed by atoms with E-state index in [-0.39, 0.29) is 0 Å². The van der Waals surface area contributed by atoms with Crippen LogP contribution >= 0.6 is 11.6 Å². The monoisotopic (exact) mass is 294 g/mol. The molecule has 0 amide bonds. The average Bonchev–Trinajstić information content (AvgIpc) is 2.42. The largest absolute Gasteiger partial charge is 0.354 e. The highest BCUT2D eigenvalue weighted by Gasteiger charge is 2.20. The predicted octanol–water partition coefficient (Wildman–Crippen LogP) is 2.60. The van der Waals surface area contributed by atoms with Crippen molar-refractivity contribution < 1.29 is 0 Å². The van der Waals surface area contributed by atoms with Crippen molar-refractivity contribution in [2.75, 3.05) is 31.1 Å². The highest BCUT2D eigenvalue weighted by atomic mass is 35.5. The zero-order chi connectivity index (χ0) is 14.7. The Balaban J connectivity index is 2.34. The second kappa shape index (κ2) is 6.55. The summed E-state index contributed by atoms with van der Waals surface area (Å²) in [6, 6.07) is 0. The lowest BCUT2D eigenvalue weighted by molar-refractivity contribution is 0.578. The molecule has 1 aromatic rings. The number of aromatic nitrogens is 2. The Bertz CT molecular complexity index is 495. The van der Waals surface area contributed by atoms with Crippen molar-refractivity contribution in [3.05, 3.63) is 28.7 Å². The first-order chi connectivity index (χ1) is 9.49. The first-order valence-corrected chi connectivity index (χ1v) is 7.51. The molecular weight excluding hydrogens is 272 g/mol. The summed E-state index contributed by atoms with van der Waals surface area (Å²) in [7, 11) is 0. The van der Waals surface area contributed by atoms with Gasteiger partial charge >= 0.3 is 0 Å². The maximum atomic E-state index is 6.06. The van der Waals surface area contributed by atoms with Gasteiger partial charge in [0, 0.05) is 37.4 Å². The van der Waals surface area contributed by atoms with Crippen molar-refractivity contribution in [2.24, 2.45) is 5.92 Å². The Labute approximate surface area is 126 Å². The first kappa shape index (κ1) is 15.3. The van der Waals surface area contributed by atoms with E-state index in [0.717, 1.165) is 44.1 Å². The topological polar surface area (TPSA) is 41.1 Å². The number of rotatable bonds is 4. The fourth-order valence-corrected chi connectivity index (χ4v) is 2.61. The number of nitrogens with zero attached hydrogens (tertiary/aromatic N) is 3. The van der Waals surface area contributed by atoms with Gasteiger partial charge in [0.15, 0.2) is 0 Å².